The molecule has 0 saturated heterocycles. The van der Waals surface area contributed by atoms with Gasteiger partial charge in [-0.3, -0.25) is 4.79 Å². The summed E-state index contributed by atoms with van der Waals surface area (Å²) in [5.74, 6) is 0.0595. The lowest BCUT2D eigenvalue weighted by Gasteiger charge is -2.04. The molecule has 0 heterocycles. The highest BCUT2D eigenvalue weighted by Gasteiger charge is 1.99. The van der Waals surface area contributed by atoms with Gasteiger partial charge in [0.05, 0.1) is 13.0 Å². The van der Waals surface area contributed by atoms with E-state index in [0.717, 1.165) is 19.4 Å². The van der Waals surface area contributed by atoms with Crippen LogP contribution in [0.15, 0.2) is 0 Å². The lowest BCUT2D eigenvalue weighted by atomic mass is 10.4. The van der Waals surface area contributed by atoms with Gasteiger partial charge in [-0.05, 0) is 6.42 Å². The number of unbranched alkanes of at least 4 members (excludes halogenated alkanes) is 1. The smallest absolute Gasteiger partial charge is 0.307 e. The van der Waals surface area contributed by atoms with Crippen molar-refractivity contribution in [2.45, 2.75) is 26.2 Å². The fourth-order valence-electron chi connectivity index (χ4n) is 0.712. The average Bonchev–Trinajstić information content (AvgIpc) is 2.11. The standard InChI is InChI=1S/C9H17ClO3/c1-2-3-6-12-7-8-13-9(11)4-5-10/h2-8H2,1H3. The van der Waals surface area contributed by atoms with Gasteiger partial charge in [-0.2, -0.15) is 0 Å². The molecule has 0 atom stereocenters. The molecule has 0 radical (unpaired) electrons. The summed E-state index contributed by atoms with van der Waals surface area (Å²) in [4.78, 5) is 10.8. The zero-order chi connectivity index (χ0) is 9.94. The molecular weight excluding hydrogens is 192 g/mol. The van der Waals surface area contributed by atoms with Crippen LogP contribution in [0.3, 0.4) is 0 Å². The van der Waals surface area contributed by atoms with Crippen molar-refractivity contribution < 1.29 is 14.3 Å². The van der Waals surface area contributed by atoms with Crippen molar-refractivity contribution in [1.82, 2.24) is 0 Å². The van der Waals surface area contributed by atoms with E-state index in [9.17, 15) is 4.79 Å². The second-order valence-electron chi connectivity index (χ2n) is 2.63. The van der Waals surface area contributed by atoms with Gasteiger partial charge in [0, 0.05) is 12.5 Å². The molecule has 0 rings (SSSR count). The molecule has 3 nitrogen and oxygen atoms in total. The summed E-state index contributed by atoms with van der Waals surface area (Å²) in [5, 5.41) is 0. The molecule has 0 amide bonds. The molecule has 0 aliphatic carbocycles. The molecule has 0 spiro atoms. The van der Waals surface area contributed by atoms with Crippen LogP contribution in [0.25, 0.3) is 0 Å². The zero-order valence-corrected chi connectivity index (χ0v) is 8.81. The average molecular weight is 209 g/mol. The first-order valence-electron chi connectivity index (χ1n) is 4.60. The maximum absolute atomic E-state index is 10.8. The molecule has 0 fully saturated rings. The molecular formula is C9H17ClO3. The van der Waals surface area contributed by atoms with Crippen LogP contribution in [0.1, 0.15) is 26.2 Å². The Labute approximate surface area is 84.4 Å². The summed E-state index contributed by atoms with van der Waals surface area (Å²) >= 11 is 5.35. The van der Waals surface area contributed by atoms with E-state index in [1.54, 1.807) is 0 Å². The minimum Gasteiger partial charge on any atom is -0.463 e. The molecule has 0 aromatic carbocycles. The van der Waals surface area contributed by atoms with E-state index in [-0.39, 0.29) is 12.4 Å². The highest BCUT2D eigenvalue weighted by atomic mass is 35.5. The second-order valence-corrected chi connectivity index (χ2v) is 3.00. The van der Waals surface area contributed by atoms with Crippen LogP contribution in [-0.4, -0.2) is 31.7 Å². The number of rotatable bonds is 8. The normalized spacial score (nSPS) is 10.0. The van der Waals surface area contributed by atoms with Crippen LogP contribution in [-0.2, 0) is 14.3 Å². The van der Waals surface area contributed by atoms with Crippen molar-refractivity contribution >= 4 is 17.6 Å². The van der Waals surface area contributed by atoms with Crippen LogP contribution in [0.2, 0.25) is 0 Å². The second kappa shape index (κ2) is 9.81. The molecule has 0 bridgehead atoms. The van der Waals surface area contributed by atoms with E-state index < -0.39 is 0 Å². The Morgan fingerprint density at radius 3 is 2.69 bits per heavy atom. The predicted octanol–water partition coefficient (Wildman–Crippen LogP) is 1.98. The number of esters is 1. The summed E-state index contributed by atoms with van der Waals surface area (Å²) < 4.78 is 10.0. The van der Waals surface area contributed by atoms with Crippen molar-refractivity contribution in [2.75, 3.05) is 25.7 Å². The van der Waals surface area contributed by atoms with Gasteiger partial charge in [0.15, 0.2) is 0 Å². The topological polar surface area (TPSA) is 35.5 Å². The molecule has 0 unspecified atom stereocenters. The van der Waals surface area contributed by atoms with Crippen LogP contribution in [0, 0.1) is 0 Å². The molecule has 13 heavy (non-hydrogen) atoms. The number of hydrogen-bond acceptors (Lipinski definition) is 3. The molecule has 0 aromatic rings. The summed E-state index contributed by atoms with van der Waals surface area (Å²) in [5.41, 5.74) is 0. The lowest BCUT2D eigenvalue weighted by molar-refractivity contribution is -0.144. The first-order valence-corrected chi connectivity index (χ1v) is 5.14. The van der Waals surface area contributed by atoms with Crippen molar-refractivity contribution in [3.8, 4) is 0 Å². The lowest BCUT2D eigenvalue weighted by Crippen LogP contribution is -2.11. The van der Waals surface area contributed by atoms with Crippen LogP contribution < -0.4 is 0 Å². The Kier molecular flexibility index (Phi) is 9.59. The van der Waals surface area contributed by atoms with Crippen molar-refractivity contribution in [3.05, 3.63) is 0 Å². The number of ether oxygens (including phenoxy) is 2. The summed E-state index contributed by atoms with van der Waals surface area (Å²) in [6, 6.07) is 0. The number of halogens is 1. The maximum atomic E-state index is 10.8. The zero-order valence-electron chi connectivity index (χ0n) is 8.05. The molecule has 0 aliphatic heterocycles. The van der Waals surface area contributed by atoms with Crippen LogP contribution >= 0.6 is 11.6 Å². The van der Waals surface area contributed by atoms with Crippen molar-refractivity contribution in [2.24, 2.45) is 0 Å². The molecule has 4 heteroatoms. The minimum absolute atomic E-state index is 0.255. The van der Waals surface area contributed by atoms with Gasteiger partial charge in [-0.15, -0.1) is 11.6 Å². The van der Waals surface area contributed by atoms with E-state index in [0.29, 0.717) is 19.1 Å². The molecule has 0 N–H and O–H groups in total. The quantitative estimate of drug-likeness (QED) is 0.348. The third kappa shape index (κ3) is 9.64. The van der Waals surface area contributed by atoms with Gasteiger partial charge >= 0.3 is 5.97 Å². The SMILES string of the molecule is CCCCOCCOC(=O)CCCl. The van der Waals surface area contributed by atoms with E-state index in [1.807, 2.05) is 0 Å². The van der Waals surface area contributed by atoms with Crippen LogP contribution in [0.4, 0.5) is 0 Å². The molecule has 78 valence electrons. The largest absolute Gasteiger partial charge is 0.463 e. The monoisotopic (exact) mass is 208 g/mol. The molecule has 0 saturated carbocycles. The fourth-order valence-corrected chi connectivity index (χ4v) is 0.867. The Bertz CT molecular complexity index is 128. The molecule has 0 aliphatic rings. The van der Waals surface area contributed by atoms with Gasteiger partial charge in [-0.25, -0.2) is 0 Å². The summed E-state index contributed by atoms with van der Waals surface area (Å²) in [7, 11) is 0. The van der Waals surface area contributed by atoms with Gasteiger partial charge < -0.3 is 9.47 Å². The first-order chi connectivity index (χ1) is 6.31. The fraction of sp³-hybridized carbons (Fsp3) is 0.889. The Morgan fingerprint density at radius 2 is 2.08 bits per heavy atom. The number of carbonyl (C=O) groups is 1. The van der Waals surface area contributed by atoms with E-state index >= 15 is 0 Å². The third-order valence-electron chi connectivity index (χ3n) is 1.43. The number of hydrogen-bond donors (Lipinski definition) is 0. The third-order valence-corrected chi connectivity index (χ3v) is 1.62. The Hall–Kier alpha value is -0.280. The highest BCUT2D eigenvalue weighted by molar-refractivity contribution is 6.18. The summed E-state index contributed by atoms with van der Waals surface area (Å²) in [6.07, 6.45) is 2.44. The highest BCUT2D eigenvalue weighted by Crippen LogP contribution is 1.91. The Balaban J connectivity index is 3.02. The number of alkyl halides is 1. The van der Waals surface area contributed by atoms with E-state index in [4.69, 9.17) is 21.1 Å². The van der Waals surface area contributed by atoms with E-state index in [1.165, 1.54) is 0 Å². The van der Waals surface area contributed by atoms with Gasteiger partial charge in [-0.1, -0.05) is 13.3 Å². The van der Waals surface area contributed by atoms with E-state index in [2.05, 4.69) is 6.92 Å². The summed E-state index contributed by atoms with van der Waals surface area (Å²) in [6.45, 7) is 3.65. The predicted molar refractivity (Wildman–Crippen MR) is 52.0 cm³/mol. The minimum atomic E-state index is -0.255. The number of carbonyl (C=O) groups excluding carboxylic acids is 1. The van der Waals surface area contributed by atoms with Gasteiger partial charge in [0.25, 0.3) is 0 Å². The van der Waals surface area contributed by atoms with Gasteiger partial charge in [0.2, 0.25) is 0 Å². The Morgan fingerprint density at radius 1 is 1.31 bits per heavy atom. The first kappa shape index (κ1) is 12.7. The van der Waals surface area contributed by atoms with Crippen molar-refractivity contribution in [3.63, 3.8) is 0 Å². The van der Waals surface area contributed by atoms with Crippen LogP contribution in [0.5, 0.6) is 0 Å². The van der Waals surface area contributed by atoms with Gasteiger partial charge in [0.1, 0.15) is 6.61 Å². The molecule has 0 aromatic heterocycles. The maximum Gasteiger partial charge on any atom is 0.307 e. The van der Waals surface area contributed by atoms with Crippen molar-refractivity contribution in [1.29, 1.82) is 0 Å².